The number of H-pyrrole nitrogens is 2. The van der Waals surface area contributed by atoms with Crippen LogP contribution in [0.25, 0.3) is 22.8 Å². The molecule has 1 aliphatic rings. The maximum Gasteiger partial charge on any atom is 0.329 e. The van der Waals surface area contributed by atoms with Gasteiger partial charge in [0.15, 0.2) is 11.4 Å². The normalized spacial score (nSPS) is 14.0. The third kappa shape index (κ3) is 3.75. The highest BCUT2D eigenvalue weighted by molar-refractivity contribution is 5.77. The van der Waals surface area contributed by atoms with E-state index in [1.807, 2.05) is 11.0 Å². The van der Waals surface area contributed by atoms with Crippen LogP contribution < -0.4 is 16.1 Å². The third-order valence-corrected chi connectivity index (χ3v) is 5.75. The monoisotopic (exact) mass is 464 g/mol. The molecule has 34 heavy (non-hydrogen) atoms. The number of aromatic nitrogens is 5. The molecule has 0 aliphatic carbocycles. The van der Waals surface area contributed by atoms with Crippen LogP contribution in [0, 0.1) is 11.3 Å². The van der Waals surface area contributed by atoms with Crippen molar-refractivity contribution in [3.8, 4) is 17.7 Å². The number of oxazole rings is 1. The lowest BCUT2D eigenvalue weighted by atomic mass is 10.2. The molecule has 13 heteroatoms. The lowest BCUT2D eigenvalue weighted by molar-refractivity contribution is -0.131. The van der Waals surface area contributed by atoms with Crippen molar-refractivity contribution in [2.45, 2.75) is 12.8 Å². The van der Waals surface area contributed by atoms with Crippen molar-refractivity contribution in [2.75, 3.05) is 31.1 Å². The molecule has 4 aromatic heterocycles. The Morgan fingerprint density at radius 2 is 2.00 bits per heavy atom. The van der Waals surface area contributed by atoms with Crippen molar-refractivity contribution in [2.24, 2.45) is 7.05 Å². The van der Waals surface area contributed by atoms with Crippen LogP contribution in [0.2, 0.25) is 0 Å². The molecule has 2 N–H and O–H groups in total. The number of nitriles is 1. The standard InChI is InChI=1S/C21H20N8O5/c1-27-17-16(18(31)26-21(27)32)24-14(25-17)4-5-15(30)28-6-8-29(9-7-28)20-12(11-22)23-19(34-20)13-3-2-10-33-13/h2-3,10H,4-9H2,1H3,(H,24,25)(H,26,31,32). The molecule has 13 nitrogen and oxygen atoms in total. The van der Waals surface area contributed by atoms with Crippen molar-refractivity contribution in [3.63, 3.8) is 0 Å². The maximum atomic E-state index is 12.7. The molecule has 0 unspecified atom stereocenters. The van der Waals surface area contributed by atoms with Crippen molar-refractivity contribution in [3.05, 3.63) is 50.8 Å². The molecule has 5 rings (SSSR count). The number of carbonyl (C=O) groups is 1. The van der Waals surface area contributed by atoms with E-state index in [0.717, 1.165) is 0 Å². The molecule has 4 aromatic rings. The average Bonchev–Trinajstić information content (AvgIpc) is 3.60. The summed E-state index contributed by atoms with van der Waals surface area (Å²) in [5.41, 5.74) is -0.474. The number of furan rings is 1. The SMILES string of the molecule is Cn1c(=O)[nH]c(=O)c2[nH]c(CCC(=O)N3CCN(c4oc(-c5ccco5)nc4C#N)CC3)nc21. The molecule has 0 bridgehead atoms. The molecule has 1 saturated heterocycles. The lowest BCUT2D eigenvalue weighted by Gasteiger charge is -2.34. The number of rotatable bonds is 5. The minimum atomic E-state index is -0.549. The number of anilines is 1. The second-order valence-corrected chi connectivity index (χ2v) is 7.83. The minimum Gasteiger partial charge on any atom is -0.459 e. The Balaban J connectivity index is 1.22. The molecule has 0 spiro atoms. The molecule has 1 aliphatic heterocycles. The first-order valence-corrected chi connectivity index (χ1v) is 10.6. The quantitative estimate of drug-likeness (QED) is 0.423. The molecule has 1 fully saturated rings. The molecule has 5 heterocycles. The van der Waals surface area contributed by atoms with Crippen LogP contribution >= 0.6 is 0 Å². The topological polar surface area (TPSA) is 170 Å². The van der Waals surface area contributed by atoms with Gasteiger partial charge < -0.3 is 23.6 Å². The number of aromatic amines is 2. The van der Waals surface area contributed by atoms with E-state index in [-0.39, 0.29) is 35.1 Å². The van der Waals surface area contributed by atoms with E-state index in [1.165, 1.54) is 17.9 Å². The number of hydrogen-bond donors (Lipinski definition) is 2. The van der Waals surface area contributed by atoms with E-state index in [0.29, 0.717) is 50.1 Å². The summed E-state index contributed by atoms with van der Waals surface area (Å²) >= 11 is 0. The summed E-state index contributed by atoms with van der Waals surface area (Å²) in [6.45, 7) is 1.87. The number of fused-ring (bicyclic) bond motifs is 1. The van der Waals surface area contributed by atoms with Crippen molar-refractivity contribution < 1.29 is 13.6 Å². The van der Waals surface area contributed by atoms with Gasteiger partial charge in [-0.15, -0.1) is 0 Å². The number of imidazole rings is 1. The van der Waals surface area contributed by atoms with Gasteiger partial charge in [-0.1, -0.05) is 0 Å². The van der Waals surface area contributed by atoms with Gasteiger partial charge in [-0.05, 0) is 12.1 Å². The highest BCUT2D eigenvalue weighted by Gasteiger charge is 2.27. The molecule has 0 radical (unpaired) electrons. The predicted octanol–water partition coefficient (Wildman–Crippen LogP) is 0.351. The van der Waals surface area contributed by atoms with Gasteiger partial charge in [-0.2, -0.15) is 10.2 Å². The number of nitrogens with zero attached hydrogens (tertiary/aromatic N) is 6. The minimum absolute atomic E-state index is 0.0581. The summed E-state index contributed by atoms with van der Waals surface area (Å²) in [6.07, 6.45) is 1.99. The zero-order valence-corrected chi connectivity index (χ0v) is 18.2. The zero-order valence-electron chi connectivity index (χ0n) is 18.2. The molecular formula is C21H20N8O5. The van der Waals surface area contributed by atoms with Crippen LogP contribution in [-0.4, -0.2) is 61.5 Å². The predicted molar refractivity (Wildman–Crippen MR) is 118 cm³/mol. The largest absolute Gasteiger partial charge is 0.459 e. The Labute approximate surface area is 191 Å². The van der Waals surface area contributed by atoms with Gasteiger partial charge in [-0.25, -0.2) is 9.78 Å². The highest BCUT2D eigenvalue weighted by atomic mass is 16.4. The Bertz CT molecular complexity index is 1510. The van der Waals surface area contributed by atoms with Crippen molar-refractivity contribution >= 4 is 23.0 Å². The zero-order chi connectivity index (χ0) is 23.8. The Kier molecular flexibility index (Phi) is 5.25. The van der Waals surface area contributed by atoms with E-state index in [1.54, 1.807) is 17.0 Å². The third-order valence-electron chi connectivity index (χ3n) is 5.75. The van der Waals surface area contributed by atoms with Crippen LogP contribution in [-0.2, 0) is 18.3 Å². The number of nitrogens with one attached hydrogen (secondary N) is 2. The summed E-state index contributed by atoms with van der Waals surface area (Å²) in [5, 5.41) is 9.44. The Morgan fingerprint density at radius 1 is 1.21 bits per heavy atom. The summed E-state index contributed by atoms with van der Waals surface area (Å²) < 4.78 is 12.3. The van der Waals surface area contributed by atoms with Gasteiger partial charge >= 0.3 is 5.69 Å². The first kappa shape index (κ1) is 21.3. The van der Waals surface area contributed by atoms with Gasteiger partial charge in [0.1, 0.15) is 17.4 Å². The summed E-state index contributed by atoms with van der Waals surface area (Å²) in [7, 11) is 1.51. The molecule has 174 valence electrons. The highest BCUT2D eigenvalue weighted by Crippen LogP contribution is 2.29. The van der Waals surface area contributed by atoms with Crippen LogP contribution in [0.1, 0.15) is 17.9 Å². The van der Waals surface area contributed by atoms with Gasteiger partial charge in [0.2, 0.25) is 17.5 Å². The molecule has 0 aromatic carbocycles. The van der Waals surface area contributed by atoms with E-state index in [9.17, 15) is 19.6 Å². The molecular weight excluding hydrogens is 444 g/mol. The number of carbonyl (C=O) groups excluding carboxylic acids is 1. The fourth-order valence-corrected chi connectivity index (χ4v) is 3.92. The van der Waals surface area contributed by atoms with Crippen LogP contribution in [0.3, 0.4) is 0 Å². The second-order valence-electron chi connectivity index (χ2n) is 7.83. The summed E-state index contributed by atoms with van der Waals surface area (Å²) in [4.78, 5) is 53.6. The first-order chi connectivity index (χ1) is 16.4. The fourth-order valence-electron chi connectivity index (χ4n) is 3.92. The number of aryl methyl sites for hydroxylation is 2. The van der Waals surface area contributed by atoms with E-state index < -0.39 is 11.2 Å². The summed E-state index contributed by atoms with van der Waals surface area (Å²) in [6, 6.07) is 5.45. The van der Waals surface area contributed by atoms with E-state index in [4.69, 9.17) is 8.83 Å². The summed E-state index contributed by atoms with van der Waals surface area (Å²) in [5.74, 6) is 1.43. The average molecular weight is 464 g/mol. The smallest absolute Gasteiger partial charge is 0.329 e. The van der Waals surface area contributed by atoms with Crippen LogP contribution in [0.4, 0.5) is 5.88 Å². The molecule has 0 saturated carbocycles. The van der Waals surface area contributed by atoms with Crippen molar-refractivity contribution in [1.82, 2.24) is 29.4 Å². The van der Waals surface area contributed by atoms with Crippen LogP contribution in [0.5, 0.6) is 0 Å². The lowest BCUT2D eigenvalue weighted by Crippen LogP contribution is -2.49. The maximum absolute atomic E-state index is 12.7. The molecule has 0 atom stereocenters. The van der Waals surface area contributed by atoms with Gasteiger partial charge in [0.05, 0.1) is 6.26 Å². The van der Waals surface area contributed by atoms with Gasteiger partial charge in [-0.3, -0.25) is 19.1 Å². The van der Waals surface area contributed by atoms with Gasteiger partial charge in [0, 0.05) is 46.1 Å². The first-order valence-electron chi connectivity index (χ1n) is 10.6. The van der Waals surface area contributed by atoms with E-state index >= 15 is 0 Å². The second kappa shape index (κ2) is 8.39. The van der Waals surface area contributed by atoms with Crippen molar-refractivity contribution in [1.29, 1.82) is 5.26 Å². The van der Waals surface area contributed by atoms with Crippen LogP contribution in [0.15, 0.2) is 36.8 Å². The van der Waals surface area contributed by atoms with E-state index in [2.05, 4.69) is 19.9 Å². The number of piperazine rings is 1. The van der Waals surface area contributed by atoms with Gasteiger partial charge in [0.25, 0.3) is 11.4 Å². The Morgan fingerprint density at radius 3 is 2.71 bits per heavy atom. The number of hydrogen-bond acceptors (Lipinski definition) is 9. The Hall–Kier alpha value is -4.60. The fraction of sp³-hybridized carbons (Fsp3) is 0.333. The number of amides is 1. The molecule has 1 amide bonds.